The number of amides is 1. The molecular weight excluding hydrogens is 553 g/mol. The number of sulfonamides is 1. The Kier molecular flexibility index (Phi) is 9.06. The van der Waals surface area contributed by atoms with Crippen molar-refractivity contribution < 1.29 is 27.1 Å². The number of nitrogens with zero attached hydrogens (tertiary/aromatic N) is 3. The van der Waals surface area contributed by atoms with E-state index in [1.807, 2.05) is 24.3 Å². The maximum absolute atomic E-state index is 14.0. The van der Waals surface area contributed by atoms with Crippen molar-refractivity contribution >= 4 is 33.1 Å². The Balaban J connectivity index is 1.55. The molecule has 0 aliphatic heterocycles. The summed E-state index contributed by atoms with van der Waals surface area (Å²) in [6.07, 6.45) is 2.79. The van der Waals surface area contributed by atoms with E-state index < -0.39 is 27.0 Å². The first-order valence-corrected chi connectivity index (χ1v) is 15.5. The van der Waals surface area contributed by atoms with E-state index in [-0.39, 0.29) is 24.0 Å². The van der Waals surface area contributed by atoms with E-state index in [0.29, 0.717) is 29.3 Å². The van der Waals surface area contributed by atoms with Crippen LogP contribution in [-0.4, -0.2) is 67.8 Å². The lowest BCUT2D eigenvalue weighted by Gasteiger charge is -2.27. The van der Waals surface area contributed by atoms with Crippen LogP contribution in [0.5, 0.6) is 5.75 Å². The highest BCUT2D eigenvalue weighted by molar-refractivity contribution is 7.89. The van der Waals surface area contributed by atoms with Gasteiger partial charge in [0.05, 0.1) is 19.1 Å². The zero-order valence-corrected chi connectivity index (χ0v) is 24.8. The van der Waals surface area contributed by atoms with Gasteiger partial charge in [-0.15, -0.1) is 11.3 Å². The minimum atomic E-state index is -3.73. The fraction of sp³-hybridized carbons (Fsp3) is 0.414. The van der Waals surface area contributed by atoms with Gasteiger partial charge in [-0.25, -0.2) is 22.1 Å². The minimum Gasteiger partial charge on any atom is -0.497 e. The second kappa shape index (κ2) is 12.2. The fourth-order valence-electron chi connectivity index (χ4n) is 4.65. The molecular formula is C29H34FN3O5S2. The topological polar surface area (TPSA) is 96.9 Å². The number of methoxy groups -OCH3 is 1. The highest BCUT2D eigenvalue weighted by atomic mass is 32.2. The summed E-state index contributed by atoms with van der Waals surface area (Å²) in [4.78, 5) is 33.7. The number of hydrogen-bond donors (Lipinski definition) is 0. The molecule has 214 valence electrons. The molecule has 0 N–H and O–H groups in total. The molecule has 0 bridgehead atoms. The average Bonchev–Trinajstić information content (AvgIpc) is 3.65. The normalized spacial score (nSPS) is 14.2. The largest absolute Gasteiger partial charge is 0.497 e. The molecule has 0 saturated heterocycles. The molecule has 0 unspecified atom stereocenters. The molecule has 4 rings (SSSR count). The smallest absolute Gasteiger partial charge is 0.233 e. The van der Waals surface area contributed by atoms with E-state index in [4.69, 9.17) is 4.74 Å². The van der Waals surface area contributed by atoms with Crippen molar-refractivity contribution in [1.29, 1.82) is 0 Å². The third-order valence-corrected chi connectivity index (χ3v) is 9.89. The van der Waals surface area contributed by atoms with E-state index >= 15 is 0 Å². The van der Waals surface area contributed by atoms with Gasteiger partial charge in [-0.05, 0) is 68.0 Å². The number of carbonyl (C=O) groups excluding carboxylic acids is 2. The van der Waals surface area contributed by atoms with Crippen LogP contribution in [-0.2, 0) is 33.2 Å². The summed E-state index contributed by atoms with van der Waals surface area (Å²) in [7, 11) is 0.638. The van der Waals surface area contributed by atoms with Crippen LogP contribution in [0.4, 0.5) is 4.39 Å². The van der Waals surface area contributed by atoms with Crippen molar-refractivity contribution in [3.8, 4) is 5.75 Å². The summed E-state index contributed by atoms with van der Waals surface area (Å²) in [5.41, 5.74) is 1.42. The minimum absolute atomic E-state index is 0.00677. The summed E-state index contributed by atoms with van der Waals surface area (Å²) in [6, 6.07) is 13.9. The zero-order valence-electron chi connectivity index (χ0n) is 23.1. The number of thiazole rings is 1. The molecule has 1 heterocycles. The number of aromatic nitrogens is 1. The SMILES string of the molecule is COc1ccc(C2(C(=O)N(CCCc3ccc(F)cc3)Cc3nc(C(=O)CS(=O)(=O)N(C)C)c(C)s3)CC2)cc1. The van der Waals surface area contributed by atoms with Gasteiger partial charge in [0.2, 0.25) is 15.9 Å². The van der Waals surface area contributed by atoms with E-state index in [0.717, 1.165) is 34.0 Å². The first kappa shape index (κ1) is 29.8. The second-order valence-electron chi connectivity index (χ2n) is 10.2. The van der Waals surface area contributed by atoms with Gasteiger partial charge in [0, 0.05) is 25.5 Å². The highest BCUT2D eigenvalue weighted by Gasteiger charge is 2.53. The molecule has 1 aromatic heterocycles. The molecule has 3 aromatic rings. The maximum Gasteiger partial charge on any atom is 0.233 e. The lowest BCUT2D eigenvalue weighted by molar-refractivity contribution is -0.134. The number of ketones is 1. The van der Waals surface area contributed by atoms with Gasteiger partial charge in [-0.2, -0.15) is 0 Å². The van der Waals surface area contributed by atoms with Crippen molar-refractivity contribution in [2.24, 2.45) is 0 Å². The summed E-state index contributed by atoms with van der Waals surface area (Å²) >= 11 is 1.29. The standard InChI is InChI=1S/C29H34FN3O5S2/c1-20-27(25(34)19-40(36,37)32(2)3)31-26(39-20)18-33(17-5-6-21-7-11-23(30)12-8-21)28(35)29(15-16-29)22-9-13-24(38-4)14-10-22/h7-14H,5-6,15-19H2,1-4H3. The van der Waals surface area contributed by atoms with Crippen molar-refractivity contribution in [3.63, 3.8) is 0 Å². The molecule has 0 spiro atoms. The third-order valence-electron chi connectivity index (χ3n) is 7.20. The van der Waals surface area contributed by atoms with Crippen molar-refractivity contribution in [2.75, 3.05) is 33.5 Å². The number of aryl methyl sites for hydroxylation is 2. The van der Waals surface area contributed by atoms with Crippen LogP contribution in [0.3, 0.4) is 0 Å². The first-order chi connectivity index (χ1) is 18.9. The van der Waals surface area contributed by atoms with Crippen LogP contribution in [0.15, 0.2) is 48.5 Å². The molecule has 1 aliphatic rings. The van der Waals surface area contributed by atoms with Crippen LogP contribution in [0.1, 0.15) is 50.8 Å². The van der Waals surface area contributed by atoms with Crippen LogP contribution < -0.4 is 4.74 Å². The Labute approximate surface area is 238 Å². The monoisotopic (exact) mass is 587 g/mol. The summed E-state index contributed by atoms with van der Waals surface area (Å²) in [6.45, 7) is 2.39. The molecule has 1 amide bonds. The van der Waals surface area contributed by atoms with E-state index in [1.165, 1.54) is 37.6 Å². The summed E-state index contributed by atoms with van der Waals surface area (Å²) in [5, 5.41) is 0.573. The van der Waals surface area contributed by atoms with Gasteiger partial charge in [-0.3, -0.25) is 9.59 Å². The highest BCUT2D eigenvalue weighted by Crippen LogP contribution is 2.50. The van der Waals surface area contributed by atoms with Crippen molar-refractivity contribution in [2.45, 2.75) is 44.6 Å². The second-order valence-corrected chi connectivity index (χ2v) is 13.7. The van der Waals surface area contributed by atoms with Gasteiger partial charge < -0.3 is 9.64 Å². The lowest BCUT2D eigenvalue weighted by atomic mass is 9.94. The third kappa shape index (κ3) is 6.76. The van der Waals surface area contributed by atoms with Crippen molar-refractivity contribution in [3.05, 3.63) is 81.1 Å². The number of benzene rings is 2. The molecule has 1 aliphatic carbocycles. The predicted octanol–water partition coefficient (Wildman–Crippen LogP) is 4.37. The molecule has 40 heavy (non-hydrogen) atoms. The van der Waals surface area contributed by atoms with E-state index in [1.54, 1.807) is 31.1 Å². The Hall–Kier alpha value is -3.15. The number of hydrogen-bond acceptors (Lipinski definition) is 7. The predicted molar refractivity (Wildman–Crippen MR) is 153 cm³/mol. The Morgan fingerprint density at radius 1 is 1.07 bits per heavy atom. The lowest BCUT2D eigenvalue weighted by Crippen LogP contribution is -2.39. The Morgan fingerprint density at radius 3 is 2.30 bits per heavy atom. The van der Waals surface area contributed by atoms with Gasteiger partial charge >= 0.3 is 0 Å². The summed E-state index contributed by atoms with van der Waals surface area (Å²) < 4.78 is 44.1. The van der Waals surface area contributed by atoms with Gasteiger partial charge in [0.1, 0.15) is 28.0 Å². The molecule has 0 radical (unpaired) electrons. The Bertz CT molecular complexity index is 1460. The molecule has 8 nitrogen and oxygen atoms in total. The zero-order chi connectivity index (χ0) is 29.1. The van der Waals surface area contributed by atoms with Gasteiger partial charge in [0.15, 0.2) is 5.78 Å². The fourth-order valence-corrected chi connectivity index (χ4v) is 6.34. The molecule has 2 aromatic carbocycles. The summed E-state index contributed by atoms with van der Waals surface area (Å²) in [5.74, 6) is -0.814. The Morgan fingerprint density at radius 2 is 1.73 bits per heavy atom. The van der Waals surface area contributed by atoms with Crippen LogP contribution in [0.2, 0.25) is 0 Å². The van der Waals surface area contributed by atoms with Crippen molar-refractivity contribution in [1.82, 2.24) is 14.2 Å². The van der Waals surface area contributed by atoms with E-state index in [2.05, 4.69) is 4.98 Å². The molecule has 0 atom stereocenters. The molecule has 1 saturated carbocycles. The number of carbonyl (C=O) groups is 2. The number of rotatable bonds is 13. The van der Waals surface area contributed by atoms with Crippen LogP contribution in [0.25, 0.3) is 0 Å². The average molecular weight is 588 g/mol. The number of halogens is 1. The quantitative estimate of drug-likeness (QED) is 0.276. The number of Topliss-reactive ketones (excluding diaryl/α,β-unsaturated/α-hetero) is 1. The van der Waals surface area contributed by atoms with Crippen LogP contribution >= 0.6 is 11.3 Å². The maximum atomic E-state index is 14.0. The number of ether oxygens (including phenoxy) is 1. The van der Waals surface area contributed by atoms with E-state index in [9.17, 15) is 22.4 Å². The van der Waals surface area contributed by atoms with Gasteiger partial charge in [-0.1, -0.05) is 24.3 Å². The first-order valence-electron chi connectivity index (χ1n) is 13.0. The molecule has 11 heteroatoms. The molecule has 1 fully saturated rings. The van der Waals surface area contributed by atoms with Gasteiger partial charge in [0.25, 0.3) is 0 Å². The van der Waals surface area contributed by atoms with Crippen LogP contribution in [0, 0.1) is 12.7 Å².